The van der Waals surface area contributed by atoms with Crippen LogP contribution >= 0.6 is 0 Å². The van der Waals surface area contributed by atoms with Gasteiger partial charge in [-0.3, -0.25) is 0 Å². The minimum absolute atomic E-state index is 0.0827. The predicted octanol–water partition coefficient (Wildman–Crippen LogP) is 2.04. The molecular formula is C15H25NO3S. The van der Waals surface area contributed by atoms with Gasteiger partial charge in [-0.05, 0) is 44.5 Å². The maximum Gasteiger partial charge on any atom is 0.153 e. The lowest BCUT2D eigenvalue weighted by atomic mass is 10.1. The molecule has 0 aliphatic rings. The fraction of sp³-hybridized carbons (Fsp3) is 0.600. The number of hydrogen-bond acceptors (Lipinski definition) is 4. The van der Waals surface area contributed by atoms with E-state index in [9.17, 15) is 8.42 Å². The number of benzene rings is 1. The van der Waals surface area contributed by atoms with E-state index < -0.39 is 9.84 Å². The Balaban J connectivity index is 2.42. The van der Waals surface area contributed by atoms with E-state index in [0.717, 1.165) is 12.2 Å². The Hall–Kier alpha value is -1.07. The van der Waals surface area contributed by atoms with Gasteiger partial charge in [0.05, 0.1) is 11.5 Å². The summed E-state index contributed by atoms with van der Waals surface area (Å²) in [5, 5.41) is 3.19. The maximum atomic E-state index is 11.5. The standard InChI is InChI=1S/C15H25NO3S/c1-4-10-20(17,18)11-9-19-15-7-5-14(6-8-15)12-13(2)16-3/h5-8,13,16H,4,9-12H2,1-3H3. The van der Waals surface area contributed by atoms with Crippen LogP contribution in [0.25, 0.3) is 0 Å². The van der Waals surface area contributed by atoms with Crippen molar-refractivity contribution in [2.45, 2.75) is 32.7 Å². The van der Waals surface area contributed by atoms with Crippen molar-refractivity contribution in [1.82, 2.24) is 5.32 Å². The molecule has 0 spiro atoms. The minimum Gasteiger partial charge on any atom is -0.493 e. The van der Waals surface area contributed by atoms with E-state index in [1.807, 2.05) is 38.2 Å². The van der Waals surface area contributed by atoms with E-state index in [2.05, 4.69) is 12.2 Å². The minimum atomic E-state index is -2.96. The molecule has 114 valence electrons. The highest BCUT2D eigenvalue weighted by Crippen LogP contribution is 2.13. The molecule has 0 amide bonds. The quantitative estimate of drug-likeness (QED) is 0.758. The second kappa shape index (κ2) is 8.27. The molecule has 1 N–H and O–H groups in total. The van der Waals surface area contributed by atoms with Gasteiger partial charge in [-0.1, -0.05) is 19.1 Å². The highest BCUT2D eigenvalue weighted by Gasteiger charge is 2.09. The van der Waals surface area contributed by atoms with E-state index in [4.69, 9.17) is 4.74 Å². The van der Waals surface area contributed by atoms with Gasteiger partial charge in [0.1, 0.15) is 12.4 Å². The molecule has 1 aromatic rings. The molecule has 20 heavy (non-hydrogen) atoms. The Bertz CT molecular complexity index is 482. The van der Waals surface area contributed by atoms with E-state index >= 15 is 0 Å². The van der Waals surface area contributed by atoms with Gasteiger partial charge in [-0.2, -0.15) is 0 Å². The Kier molecular flexibility index (Phi) is 7.02. The molecule has 0 heterocycles. The monoisotopic (exact) mass is 299 g/mol. The van der Waals surface area contributed by atoms with Crippen LogP contribution in [-0.2, 0) is 16.3 Å². The third-order valence-electron chi connectivity index (χ3n) is 3.14. The first kappa shape index (κ1) is 17.0. The predicted molar refractivity (Wildman–Crippen MR) is 83.1 cm³/mol. The van der Waals surface area contributed by atoms with Crippen LogP contribution in [0.4, 0.5) is 0 Å². The molecule has 0 saturated carbocycles. The first-order valence-corrected chi connectivity index (χ1v) is 8.88. The van der Waals surface area contributed by atoms with Crippen molar-refractivity contribution < 1.29 is 13.2 Å². The summed E-state index contributed by atoms with van der Waals surface area (Å²) in [6.07, 6.45) is 1.61. The normalized spacial score (nSPS) is 13.2. The van der Waals surface area contributed by atoms with Crippen molar-refractivity contribution in [3.05, 3.63) is 29.8 Å². The lowest BCUT2D eigenvalue weighted by molar-refractivity contribution is 0.340. The van der Waals surface area contributed by atoms with E-state index in [1.54, 1.807) is 0 Å². The van der Waals surface area contributed by atoms with Crippen LogP contribution in [-0.4, -0.2) is 39.6 Å². The summed E-state index contributed by atoms with van der Waals surface area (Å²) in [4.78, 5) is 0. The molecule has 0 fully saturated rings. The second-order valence-electron chi connectivity index (χ2n) is 5.04. The summed E-state index contributed by atoms with van der Waals surface area (Å²) in [6, 6.07) is 8.25. The van der Waals surface area contributed by atoms with E-state index in [0.29, 0.717) is 12.5 Å². The van der Waals surface area contributed by atoms with Gasteiger partial charge in [0.25, 0.3) is 0 Å². The molecule has 4 nitrogen and oxygen atoms in total. The molecule has 1 aromatic carbocycles. The summed E-state index contributed by atoms with van der Waals surface area (Å²) in [5.41, 5.74) is 1.23. The summed E-state index contributed by atoms with van der Waals surface area (Å²) < 4.78 is 28.6. The van der Waals surface area contributed by atoms with E-state index in [1.165, 1.54) is 5.56 Å². The summed E-state index contributed by atoms with van der Waals surface area (Å²) in [5.74, 6) is 1.04. The van der Waals surface area contributed by atoms with E-state index in [-0.39, 0.29) is 18.1 Å². The zero-order chi connectivity index (χ0) is 15.0. The number of nitrogens with one attached hydrogen (secondary N) is 1. The third kappa shape index (κ3) is 6.39. The van der Waals surface area contributed by atoms with Gasteiger partial charge in [0.15, 0.2) is 9.84 Å². The van der Waals surface area contributed by atoms with Crippen LogP contribution in [0, 0.1) is 0 Å². The lowest BCUT2D eigenvalue weighted by Crippen LogP contribution is -2.23. The van der Waals surface area contributed by atoms with Crippen LogP contribution in [0.2, 0.25) is 0 Å². The summed E-state index contributed by atoms with van der Waals surface area (Å²) in [6.45, 7) is 4.21. The van der Waals surface area contributed by atoms with Crippen molar-refractivity contribution in [3.63, 3.8) is 0 Å². The fourth-order valence-electron chi connectivity index (χ4n) is 1.88. The van der Waals surface area contributed by atoms with Crippen LogP contribution in [0.15, 0.2) is 24.3 Å². The Labute approximate surface area is 122 Å². The summed E-state index contributed by atoms with van der Waals surface area (Å²) >= 11 is 0. The first-order chi connectivity index (χ1) is 9.46. The van der Waals surface area contributed by atoms with Crippen LogP contribution in [0.1, 0.15) is 25.8 Å². The Morgan fingerprint density at radius 2 is 1.85 bits per heavy atom. The highest BCUT2D eigenvalue weighted by molar-refractivity contribution is 7.91. The Morgan fingerprint density at radius 1 is 1.20 bits per heavy atom. The fourth-order valence-corrected chi connectivity index (χ4v) is 3.04. The number of rotatable bonds is 9. The molecule has 5 heteroatoms. The van der Waals surface area contributed by atoms with Crippen molar-refractivity contribution in [3.8, 4) is 5.75 Å². The SMILES string of the molecule is CCCS(=O)(=O)CCOc1ccc(CC(C)NC)cc1. The number of hydrogen-bond donors (Lipinski definition) is 1. The van der Waals surface area contributed by atoms with Crippen LogP contribution in [0.5, 0.6) is 5.75 Å². The molecule has 0 aliphatic heterocycles. The third-order valence-corrected chi connectivity index (χ3v) is 4.96. The molecule has 1 rings (SSSR count). The zero-order valence-electron chi connectivity index (χ0n) is 12.6. The van der Waals surface area contributed by atoms with Gasteiger partial charge in [0.2, 0.25) is 0 Å². The molecule has 1 atom stereocenters. The van der Waals surface area contributed by atoms with Crippen LogP contribution in [0.3, 0.4) is 0 Å². The zero-order valence-corrected chi connectivity index (χ0v) is 13.4. The molecule has 0 aliphatic carbocycles. The number of likely N-dealkylation sites (N-methyl/N-ethyl adjacent to an activating group) is 1. The molecular weight excluding hydrogens is 274 g/mol. The number of sulfone groups is 1. The van der Waals surface area contributed by atoms with Gasteiger partial charge < -0.3 is 10.1 Å². The lowest BCUT2D eigenvalue weighted by Gasteiger charge is -2.11. The van der Waals surface area contributed by atoms with Gasteiger partial charge in [-0.15, -0.1) is 0 Å². The first-order valence-electron chi connectivity index (χ1n) is 7.06. The second-order valence-corrected chi connectivity index (χ2v) is 7.34. The molecule has 0 aromatic heterocycles. The maximum absolute atomic E-state index is 11.5. The van der Waals surface area contributed by atoms with Crippen molar-refractivity contribution >= 4 is 9.84 Å². The average molecular weight is 299 g/mol. The summed E-state index contributed by atoms with van der Waals surface area (Å²) in [7, 11) is -1.02. The largest absolute Gasteiger partial charge is 0.493 e. The molecule has 0 radical (unpaired) electrons. The molecule has 1 unspecified atom stereocenters. The topological polar surface area (TPSA) is 55.4 Å². The smallest absolute Gasteiger partial charge is 0.153 e. The van der Waals surface area contributed by atoms with Gasteiger partial charge >= 0.3 is 0 Å². The highest BCUT2D eigenvalue weighted by atomic mass is 32.2. The van der Waals surface area contributed by atoms with Crippen LogP contribution < -0.4 is 10.1 Å². The molecule has 0 saturated heterocycles. The van der Waals surface area contributed by atoms with Gasteiger partial charge in [0, 0.05) is 6.04 Å². The van der Waals surface area contributed by atoms with Crippen molar-refractivity contribution in [2.24, 2.45) is 0 Å². The molecule has 0 bridgehead atoms. The Morgan fingerprint density at radius 3 is 2.40 bits per heavy atom. The number of ether oxygens (including phenoxy) is 1. The average Bonchev–Trinajstić information content (AvgIpc) is 2.40. The van der Waals surface area contributed by atoms with Crippen molar-refractivity contribution in [2.75, 3.05) is 25.2 Å². The van der Waals surface area contributed by atoms with Gasteiger partial charge in [-0.25, -0.2) is 8.42 Å². The van der Waals surface area contributed by atoms with Crippen molar-refractivity contribution in [1.29, 1.82) is 0 Å².